The highest BCUT2D eigenvalue weighted by Crippen LogP contribution is 2.33. The van der Waals surface area contributed by atoms with E-state index in [0.29, 0.717) is 25.0 Å². The van der Waals surface area contributed by atoms with Crippen molar-refractivity contribution in [2.45, 2.75) is 63.1 Å². The zero-order valence-electron chi connectivity index (χ0n) is 14.1. The van der Waals surface area contributed by atoms with Crippen molar-refractivity contribution in [1.29, 1.82) is 0 Å². The van der Waals surface area contributed by atoms with Crippen LogP contribution in [0.2, 0.25) is 0 Å². The summed E-state index contributed by atoms with van der Waals surface area (Å²) in [6.45, 7) is 1.55. The van der Waals surface area contributed by atoms with E-state index in [0.717, 1.165) is 19.3 Å². The predicted octanol–water partition coefficient (Wildman–Crippen LogP) is 0.661. The van der Waals surface area contributed by atoms with Gasteiger partial charge in [-0.25, -0.2) is 0 Å². The third kappa shape index (κ3) is 4.04. The van der Waals surface area contributed by atoms with Crippen LogP contribution >= 0.6 is 0 Å². The van der Waals surface area contributed by atoms with Gasteiger partial charge in [0.05, 0.1) is 6.04 Å². The number of carbonyl (C=O) groups is 2. The van der Waals surface area contributed by atoms with Crippen molar-refractivity contribution in [1.82, 2.24) is 15.5 Å². The van der Waals surface area contributed by atoms with E-state index in [1.807, 2.05) is 4.90 Å². The number of rotatable bonds is 4. The van der Waals surface area contributed by atoms with Gasteiger partial charge >= 0.3 is 0 Å². The van der Waals surface area contributed by atoms with Gasteiger partial charge < -0.3 is 20.3 Å². The van der Waals surface area contributed by atoms with Crippen molar-refractivity contribution < 1.29 is 14.3 Å². The topological polar surface area (TPSA) is 70.7 Å². The van der Waals surface area contributed by atoms with Crippen LogP contribution in [0.5, 0.6) is 0 Å². The fourth-order valence-corrected chi connectivity index (χ4v) is 4.31. The molecule has 3 aliphatic rings. The van der Waals surface area contributed by atoms with Gasteiger partial charge in [0.2, 0.25) is 11.8 Å². The van der Waals surface area contributed by atoms with E-state index in [2.05, 4.69) is 10.6 Å². The molecule has 0 spiro atoms. The average Bonchev–Trinajstić information content (AvgIpc) is 3.00. The molecule has 0 bridgehead atoms. The fourth-order valence-electron chi connectivity index (χ4n) is 4.31. The summed E-state index contributed by atoms with van der Waals surface area (Å²) in [7, 11) is 1.54. The number of nitrogens with one attached hydrogen (secondary N) is 2. The van der Waals surface area contributed by atoms with E-state index in [1.165, 1.54) is 32.8 Å². The first-order valence-electron chi connectivity index (χ1n) is 9.00. The molecule has 1 saturated carbocycles. The summed E-state index contributed by atoms with van der Waals surface area (Å²) in [5.74, 6) is 0.882. The third-order valence-corrected chi connectivity index (χ3v) is 5.64. The lowest BCUT2D eigenvalue weighted by atomic mass is 9.85. The van der Waals surface area contributed by atoms with Gasteiger partial charge in [0.15, 0.2) is 0 Å². The highest BCUT2D eigenvalue weighted by atomic mass is 16.5. The Bertz CT molecular complexity index is 421. The van der Waals surface area contributed by atoms with Crippen LogP contribution in [0.3, 0.4) is 0 Å². The first kappa shape index (κ1) is 16.7. The third-order valence-electron chi connectivity index (χ3n) is 5.64. The van der Waals surface area contributed by atoms with E-state index < -0.39 is 0 Å². The van der Waals surface area contributed by atoms with Crippen LogP contribution in [-0.2, 0) is 14.3 Å². The molecule has 1 aliphatic carbocycles. The van der Waals surface area contributed by atoms with Crippen LogP contribution in [-0.4, -0.2) is 61.6 Å². The van der Waals surface area contributed by atoms with Crippen molar-refractivity contribution in [2.24, 2.45) is 5.92 Å². The van der Waals surface area contributed by atoms with Crippen molar-refractivity contribution >= 4 is 11.8 Å². The summed E-state index contributed by atoms with van der Waals surface area (Å²) >= 11 is 0. The Kier molecular flexibility index (Phi) is 5.54. The average molecular weight is 323 g/mol. The number of hydrogen-bond donors (Lipinski definition) is 2. The number of methoxy groups -OCH3 is 1. The van der Waals surface area contributed by atoms with Crippen LogP contribution in [0.15, 0.2) is 0 Å². The summed E-state index contributed by atoms with van der Waals surface area (Å²) in [6.07, 6.45) is 7.74. The minimum absolute atomic E-state index is 0.0174. The number of amides is 2. The molecule has 2 saturated heterocycles. The Morgan fingerprint density at radius 3 is 2.61 bits per heavy atom. The molecular weight excluding hydrogens is 294 g/mol. The van der Waals surface area contributed by atoms with Crippen molar-refractivity contribution in [3.8, 4) is 0 Å². The van der Waals surface area contributed by atoms with Crippen molar-refractivity contribution in [2.75, 3.05) is 26.8 Å². The fraction of sp³-hybridized carbons (Fsp3) is 0.882. The maximum absolute atomic E-state index is 12.5. The molecule has 6 nitrogen and oxygen atoms in total. The van der Waals surface area contributed by atoms with Crippen LogP contribution in [0.4, 0.5) is 0 Å². The minimum Gasteiger partial charge on any atom is -0.375 e. The molecule has 2 N–H and O–H groups in total. The maximum Gasteiger partial charge on any atom is 0.248 e. The van der Waals surface area contributed by atoms with E-state index in [4.69, 9.17) is 4.74 Å². The SMILES string of the molecule is COCC(=O)N1CCC(NC(=O)C2CC3CCCCC3N2)CC1. The number of hydrogen-bond acceptors (Lipinski definition) is 4. The highest BCUT2D eigenvalue weighted by molar-refractivity contribution is 5.82. The maximum atomic E-state index is 12.5. The van der Waals surface area contributed by atoms with Gasteiger partial charge in [-0.15, -0.1) is 0 Å². The molecule has 2 amide bonds. The lowest BCUT2D eigenvalue weighted by Gasteiger charge is -2.32. The molecule has 6 heteroatoms. The molecule has 3 atom stereocenters. The first-order chi connectivity index (χ1) is 11.2. The number of carbonyl (C=O) groups excluding carboxylic acids is 2. The summed E-state index contributed by atoms with van der Waals surface area (Å²) in [5.41, 5.74) is 0. The normalized spacial score (nSPS) is 31.7. The molecule has 0 radical (unpaired) electrons. The molecule has 3 fully saturated rings. The highest BCUT2D eigenvalue weighted by Gasteiger charge is 2.38. The molecule has 2 heterocycles. The second kappa shape index (κ2) is 7.62. The van der Waals surface area contributed by atoms with E-state index >= 15 is 0 Å². The molecule has 3 unspecified atom stereocenters. The number of piperidine rings is 1. The summed E-state index contributed by atoms with van der Waals surface area (Å²) in [6, 6.07) is 0.725. The quantitative estimate of drug-likeness (QED) is 0.797. The van der Waals surface area contributed by atoms with Gasteiger partial charge in [0.1, 0.15) is 6.61 Å². The molecule has 23 heavy (non-hydrogen) atoms. The number of nitrogens with zero attached hydrogens (tertiary/aromatic N) is 1. The predicted molar refractivity (Wildman–Crippen MR) is 86.9 cm³/mol. The number of fused-ring (bicyclic) bond motifs is 1. The Morgan fingerprint density at radius 1 is 1.17 bits per heavy atom. The van der Waals surface area contributed by atoms with E-state index in [1.54, 1.807) is 0 Å². The number of ether oxygens (including phenoxy) is 1. The summed E-state index contributed by atoms with van der Waals surface area (Å²) in [5, 5.41) is 6.72. The van der Waals surface area contributed by atoms with Crippen LogP contribution in [0, 0.1) is 5.92 Å². The Morgan fingerprint density at radius 2 is 1.91 bits per heavy atom. The summed E-state index contributed by atoms with van der Waals surface area (Å²) in [4.78, 5) is 26.1. The lowest BCUT2D eigenvalue weighted by Crippen LogP contribution is -2.51. The first-order valence-corrected chi connectivity index (χ1v) is 9.00. The Labute approximate surface area is 138 Å². The molecular formula is C17H29N3O3. The van der Waals surface area contributed by atoms with Gasteiger partial charge in [-0.05, 0) is 38.0 Å². The Hall–Kier alpha value is -1.14. The smallest absolute Gasteiger partial charge is 0.248 e. The second-order valence-electron chi connectivity index (χ2n) is 7.20. The zero-order valence-corrected chi connectivity index (χ0v) is 14.1. The van der Waals surface area contributed by atoms with Crippen LogP contribution in [0.25, 0.3) is 0 Å². The summed E-state index contributed by atoms with van der Waals surface area (Å²) < 4.78 is 4.89. The molecule has 0 aromatic carbocycles. The van der Waals surface area contributed by atoms with Gasteiger partial charge in [0, 0.05) is 32.3 Å². The van der Waals surface area contributed by atoms with Crippen LogP contribution < -0.4 is 10.6 Å². The Balaban J connectivity index is 1.42. The monoisotopic (exact) mass is 323 g/mol. The molecule has 0 aromatic heterocycles. The molecule has 3 rings (SSSR count). The molecule has 130 valence electrons. The second-order valence-corrected chi connectivity index (χ2v) is 7.20. The molecule has 2 aliphatic heterocycles. The van der Waals surface area contributed by atoms with Crippen LogP contribution in [0.1, 0.15) is 44.9 Å². The van der Waals surface area contributed by atoms with Crippen molar-refractivity contribution in [3.63, 3.8) is 0 Å². The van der Waals surface area contributed by atoms with Gasteiger partial charge in [-0.1, -0.05) is 12.8 Å². The largest absolute Gasteiger partial charge is 0.375 e. The lowest BCUT2D eigenvalue weighted by molar-refractivity contribution is -0.136. The van der Waals surface area contributed by atoms with Gasteiger partial charge in [0.25, 0.3) is 0 Å². The standard InChI is InChI=1S/C17H29N3O3/c1-23-11-16(21)20-8-6-13(7-9-20)18-17(22)15-10-12-4-2-3-5-14(12)19-15/h12-15,19H,2-11H2,1H3,(H,18,22). The zero-order chi connectivity index (χ0) is 16.2. The van der Waals surface area contributed by atoms with E-state index in [-0.39, 0.29) is 30.5 Å². The molecule has 0 aromatic rings. The van der Waals surface area contributed by atoms with Gasteiger partial charge in [-0.2, -0.15) is 0 Å². The van der Waals surface area contributed by atoms with Gasteiger partial charge in [-0.3, -0.25) is 9.59 Å². The number of likely N-dealkylation sites (tertiary alicyclic amines) is 1. The van der Waals surface area contributed by atoms with E-state index in [9.17, 15) is 9.59 Å². The minimum atomic E-state index is -0.0174. The van der Waals surface area contributed by atoms with Crippen molar-refractivity contribution in [3.05, 3.63) is 0 Å².